The van der Waals surface area contributed by atoms with Crippen LogP contribution in [0, 0.1) is 10.1 Å². The predicted octanol–water partition coefficient (Wildman–Crippen LogP) is 1.04. The van der Waals surface area contributed by atoms with Gasteiger partial charge in [-0.1, -0.05) is 11.6 Å². The Morgan fingerprint density at radius 3 is 2.32 bits per heavy atom. The van der Waals surface area contributed by atoms with Gasteiger partial charge in [0.1, 0.15) is 0 Å². The van der Waals surface area contributed by atoms with E-state index >= 15 is 0 Å². The number of nitrogens with one attached hydrogen (secondary N) is 3. The van der Waals surface area contributed by atoms with Crippen molar-refractivity contribution < 1.29 is 19.3 Å². The van der Waals surface area contributed by atoms with Crippen LogP contribution < -0.4 is 16.2 Å². The number of hydrazine groups is 1. The molecule has 1 heterocycles. The molecule has 0 aliphatic carbocycles. The minimum absolute atomic E-state index is 0.00729. The monoisotopic (exact) mass is 363 g/mol. The fourth-order valence-corrected chi connectivity index (χ4v) is 1.87. The van der Waals surface area contributed by atoms with Crippen molar-refractivity contribution in [2.45, 2.75) is 0 Å². The smallest absolute Gasteiger partial charge is 0.316 e. The number of nitro groups is 1. The molecule has 0 spiro atoms. The summed E-state index contributed by atoms with van der Waals surface area (Å²) >= 11 is 5.80. The summed E-state index contributed by atoms with van der Waals surface area (Å²) in [4.78, 5) is 48.8. The lowest BCUT2D eigenvalue weighted by molar-refractivity contribution is -0.384. The van der Waals surface area contributed by atoms with E-state index in [-0.39, 0.29) is 22.0 Å². The van der Waals surface area contributed by atoms with Crippen molar-refractivity contribution in [1.82, 2.24) is 15.8 Å². The van der Waals surface area contributed by atoms with Gasteiger partial charge >= 0.3 is 11.8 Å². The zero-order valence-electron chi connectivity index (χ0n) is 12.4. The van der Waals surface area contributed by atoms with Gasteiger partial charge in [0.05, 0.1) is 15.6 Å². The van der Waals surface area contributed by atoms with Gasteiger partial charge in [-0.2, -0.15) is 0 Å². The first-order chi connectivity index (χ1) is 11.9. The van der Waals surface area contributed by atoms with Crippen molar-refractivity contribution in [3.05, 3.63) is 63.4 Å². The van der Waals surface area contributed by atoms with Crippen molar-refractivity contribution in [3.63, 3.8) is 0 Å². The molecule has 128 valence electrons. The molecule has 3 N–H and O–H groups in total. The van der Waals surface area contributed by atoms with E-state index in [1.807, 2.05) is 5.43 Å². The van der Waals surface area contributed by atoms with Gasteiger partial charge in [-0.15, -0.1) is 0 Å². The molecule has 0 bridgehead atoms. The molecule has 0 aliphatic rings. The summed E-state index contributed by atoms with van der Waals surface area (Å²) in [5.74, 6) is -2.92. The van der Waals surface area contributed by atoms with Crippen molar-refractivity contribution in [3.8, 4) is 0 Å². The molecule has 2 aromatic rings. The first-order valence-corrected chi connectivity index (χ1v) is 7.02. The van der Waals surface area contributed by atoms with Gasteiger partial charge in [-0.05, 0) is 18.2 Å². The van der Waals surface area contributed by atoms with E-state index in [2.05, 4.69) is 15.7 Å². The summed E-state index contributed by atoms with van der Waals surface area (Å²) in [6.45, 7) is 0. The molecule has 0 radical (unpaired) electrons. The van der Waals surface area contributed by atoms with Crippen LogP contribution in [0.2, 0.25) is 5.02 Å². The summed E-state index contributed by atoms with van der Waals surface area (Å²) in [5, 5.41) is 12.7. The Bertz CT molecular complexity index is 843. The van der Waals surface area contributed by atoms with Crippen LogP contribution in [0.5, 0.6) is 0 Å². The van der Waals surface area contributed by atoms with E-state index in [9.17, 15) is 24.5 Å². The fraction of sp³-hybridized carbons (Fsp3) is 0. The molecule has 25 heavy (non-hydrogen) atoms. The normalized spacial score (nSPS) is 9.80. The molecule has 0 atom stereocenters. The van der Waals surface area contributed by atoms with Gasteiger partial charge in [-0.25, -0.2) is 0 Å². The van der Waals surface area contributed by atoms with E-state index in [0.29, 0.717) is 0 Å². The van der Waals surface area contributed by atoms with Crippen LogP contribution in [0.4, 0.5) is 11.4 Å². The van der Waals surface area contributed by atoms with E-state index in [1.165, 1.54) is 30.6 Å². The Hall–Kier alpha value is -3.53. The maximum Gasteiger partial charge on any atom is 0.328 e. The third-order valence-corrected chi connectivity index (χ3v) is 3.16. The topological polar surface area (TPSA) is 143 Å². The van der Waals surface area contributed by atoms with Crippen LogP contribution in [0.1, 0.15) is 10.4 Å². The van der Waals surface area contributed by atoms with Gasteiger partial charge in [0, 0.05) is 30.1 Å². The minimum atomic E-state index is -1.16. The quantitative estimate of drug-likeness (QED) is 0.422. The Morgan fingerprint density at radius 2 is 1.72 bits per heavy atom. The molecule has 0 saturated heterocycles. The Kier molecular flexibility index (Phi) is 5.58. The minimum Gasteiger partial charge on any atom is -0.316 e. The van der Waals surface area contributed by atoms with Crippen molar-refractivity contribution >= 4 is 40.7 Å². The molecule has 1 aromatic heterocycles. The molecule has 0 saturated carbocycles. The molecular weight excluding hydrogens is 354 g/mol. The van der Waals surface area contributed by atoms with Crippen molar-refractivity contribution in [1.29, 1.82) is 0 Å². The third kappa shape index (κ3) is 4.72. The Balaban J connectivity index is 1.93. The second kappa shape index (κ2) is 7.84. The number of anilines is 1. The lowest BCUT2D eigenvalue weighted by atomic mass is 10.2. The molecular formula is C14H10ClN5O5. The number of nitrogens with zero attached hydrogens (tertiary/aromatic N) is 2. The zero-order valence-corrected chi connectivity index (χ0v) is 13.1. The van der Waals surface area contributed by atoms with Gasteiger partial charge in [0.2, 0.25) is 0 Å². The number of aromatic nitrogens is 1. The van der Waals surface area contributed by atoms with Crippen molar-refractivity contribution in [2.24, 2.45) is 0 Å². The van der Waals surface area contributed by atoms with E-state index in [4.69, 9.17) is 11.6 Å². The maximum absolute atomic E-state index is 11.8. The standard InChI is InChI=1S/C14H10ClN5O5/c15-10-7-9(20(24)25)1-2-11(10)17-13(22)14(23)19-18-12(21)8-3-5-16-6-4-8/h1-7H,(H,17,22)(H,18,21)(H,19,23). The predicted molar refractivity (Wildman–Crippen MR) is 86.6 cm³/mol. The fourth-order valence-electron chi connectivity index (χ4n) is 1.64. The van der Waals surface area contributed by atoms with Crippen LogP contribution in [-0.2, 0) is 9.59 Å². The molecule has 10 nitrogen and oxygen atoms in total. The van der Waals surface area contributed by atoms with Crippen LogP contribution in [0.15, 0.2) is 42.7 Å². The molecule has 11 heteroatoms. The Morgan fingerprint density at radius 1 is 1.04 bits per heavy atom. The SMILES string of the molecule is O=C(NNC(=O)c1ccncc1)C(=O)Nc1ccc([N+](=O)[O-])cc1Cl. The third-order valence-electron chi connectivity index (χ3n) is 2.85. The number of hydrogen-bond donors (Lipinski definition) is 3. The van der Waals surface area contributed by atoms with Gasteiger partial charge in [0.15, 0.2) is 0 Å². The van der Waals surface area contributed by atoms with Gasteiger partial charge in [-0.3, -0.25) is 40.3 Å². The number of hydrogen-bond acceptors (Lipinski definition) is 6. The van der Waals surface area contributed by atoms with Gasteiger partial charge < -0.3 is 5.32 Å². The largest absolute Gasteiger partial charge is 0.328 e. The number of rotatable bonds is 3. The van der Waals surface area contributed by atoms with Crippen LogP contribution in [0.3, 0.4) is 0 Å². The number of carbonyl (C=O) groups excluding carboxylic acids is 3. The van der Waals surface area contributed by atoms with Crippen LogP contribution in [0.25, 0.3) is 0 Å². The van der Waals surface area contributed by atoms with Crippen molar-refractivity contribution in [2.75, 3.05) is 5.32 Å². The second-order valence-electron chi connectivity index (χ2n) is 4.52. The molecule has 0 aliphatic heterocycles. The number of nitro benzene ring substituents is 1. The summed E-state index contributed by atoms with van der Waals surface area (Å²) < 4.78 is 0. The van der Waals surface area contributed by atoms with Crippen LogP contribution >= 0.6 is 11.6 Å². The molecule has 0 unspecified atom stereocenters. The highest BCUT2D eigenvalue weighted by atomic mass is 35.5. The summed E-state index contributed by atoms with van der Waals surface area (Å²) in [6.07, 6.45) is 2.78. The summed E-state index contributed by atoms with van der Waals surface area (Å²) in [6, 6.07) is 6.16. The second-order valence-corrected chi connectivity index (χ2v) is 4.93. The average Bonchev–Trinajstić information content (AvgIpc) is 2.61. The number of halogens is 1. The highest BCUT2D eigenvalue weighted by molar-refractivity contribution is 6.41. The number of benzene rings is 1. The lowest BCUT2D eigenvalue weighted by Crippen LogP contribution is -2.46. The number of carbonyl (C=O) groups is 3. The maximum atomic E-state index is 11.8. The summed E-state index contributed by atoms with van der Waals surface area (Å²) in [5.41, 5.74) is 3.95. The van der Waals surface area contributed by atoms with Crippen LogP contribution in [-0.4, -0.2) is 27.6 Å². The highest BCUT2D eigenvalue weighted by Gasteiger charge is 2.17. The zero-order chi connectivity index (χ0) is 18.4. The number of non-ortho nitro benzene ring substituents is 1. The highest BCUT2D eigenvalue weighted by Crippen LogP contribution is 2.26. The van der Waals surface area contributed by atoms with E-state index in [1.54, 1.807) is 0 Å². The first-order valence-electron chi connectivity index (χ1n) is 6.64. The van der Waals surface area contributed by atoms with E-state index in [0.717, 1.165) is 12.1 Å². The first kappa shape index (κ1) is 17.8. The molecule has 1 aromatic carbocycles. The molecule has 0 fully saturated rings. The molecule has 3 amide bonds. The number of amides is 3. The van der Waals surface area contributed by atoms with E-state index < -0.39 is 22.6 Å². The number of pyridine rings is 1. The average molecular weight is 364 g/mol. The molecule has 2 rings (SSSR count). The van der Waals surface area contributed by atoms with Gasteiger partial charge in [0.25, 0.3) is 11.6 Å². The summed E-state index contributed by atoms with van der Waals surface area (Å²) in [7, 11) is 0. The lowest BCUT2D eigenvalue weighted by Gasteiger charge is -2.09. The Labute approximate surface area is 145 Å².